The summed E-state index contributed by atoms with van der Waals surface area (Å²) in [6, 6.07) is 7.07. The van der Waals surface area contributed by atoms with Crippen LogP contribution in [0.1, 0.15) is 33.2 Å². The second kappa shape index (κ2) is 5.65. The number of thiophene rings is 2. The van der Waals surface area contributed by atoms with Crippen LogP contribution in [0.5, 0.6) is 0 Å². The van der Waals surface area contributed by atoms with Crippen molar-refractivity contribution in [2.45, 2.75) is 26.3 Å². The highest BCUT2D eigenvalue weighted by Gasteiger charge is 2.17. The molecule has 0 spiro atoms. The van der Waals surface area contributed by atoms with Crippen molar-refractivity contribution in [2.75, 3.05) is 7.05 Å². The van der Waals surface area contributed by atoms with Gasteiger partial charge in [-0.15, -0.1) is 22.7 Å². The van der Waals surface area contributed by atoms with Gasteiger partial charge in [0.05, 0.1) is 9.83 Å². The zero-order valence-electron chi connectivity index (χ0n) is 10.2. The van der Waals surface area contributed by atoms with Gasteiger partial charge in [0.2, 0.25) is 0 Å². The first kappa shape index (κ1) is 13.3. The Morgan fingerprint density at radius 3 is 2.53 bits per heavy atom. The van der Waals surface area contributed by atoms with Gasteiger partial charge < -0.3 is 5.32 Å². The molecule has 1 N–H and O–H groups in total. The minimum atomic E-state index is 0.329. The van der Waals surface area contributed by atoms with Crippen LogP contribution in [0, 0.1) is 6.92 Å². The molecule has 0 aromatic carbocycles. The van der Waals surface area contributed by atoms with Gasteiger partial charge in [0, 0.05) is 14.6 Å². The first-order valence-electron chi connectivity index (χ1n) is 5.67. The van der Waals surface area contributed by atoms with Crippen molar-refractivity contribution >= 4 is 38.6 Å². The minimum absolute atomic E-state index is 0.329. The molecule has 0 saturated heterocycles. The highest BCUT2D eigenvalue weighted by atomic mass is 79.9. The van der Waals surface area contributed by atoms with Gasteiger partial charge in [-0.25, -0.2) is 0 Å². The van der Waals surface area contributed by atoms with E-state index in [2.05, 4.69) is 53.3 Å². The molecule has 2 heterocycles. The molecule has 0 fully saturated rings. The van der Waals surface area contributed by atoms with Gasteiger partial charge >= 0.3 is 0 Å². The van der Waals surface area contributed by atoms with Crippen LogP contribution in [0.25, 0.3) is 0 Å². The smallest absolute Gasteiger partial charge is 0.0763 e. The van der Waals surface area contributed by atoms with E-state index in [0.717, 1.165) is 6.42 Å². The maximum absolute atomic E-state index is 3.60. The molecule has 2 aromatic rings. The molecule has 17 heavy (non-hydrogen) atoms. The number of hydrogen-bond acceptors (Lipinski definition) is 3. The number of halogens is 1. The van der Waals surface area contributed by atoms with E-state index in [1.54, 1.807) is 0 Å². The Morgan fingerprint density at radius 1 is 1.29 bits per heavy atom. The maximum Gasteiger partial charge on any atom is 0.0763 e. The highest BCUT2D eigenvalue weighted by molar-refractivity contribution is 9.11. The fourth-order valence-corrected chi connectivity index (χ4v) is 4.65. The second-order valence-corrected chi connectivity index (χ2v) is 7.59. The predicted molar refractivity (Wildman–Crippen MR) is 81.4 cm³/mol. The lowest BCUT2D eigenvalue weighted by molar-refractivity contribution is 0.716. The van der Waals surface area contributed by atoms with Crippen LogP contribution in [-0.4, -0.2) is 7.05 Å². The summed E-state index contributed by atoms with van der Waals surface area (Å²) >= 11 is 7.32. The van der Waals surface area contributed by atoms with Crippen LogP contribution in [0.3, 0.4) is 0 Å². The van der Waals surface area contributed by atoms with Gasteiger partial charge in [-0.2, -0.15) is 0 Å². The molecule has 2 rings (SSSR count). The molecule has 0 radical (unpaired) electrons. The van der Waals surface area contributed by atoms with Gasteiger partial charge in [0.1, 0.15) is 0 Å². The largest absolute Gasteiger partial charge is 0.308 e. The molecule has 0 aliphatic carbocycles. The number of rotatable bonds is 4. The van der Waals surface area contributed by atoms with Gasteiger partial charge in [-0.3, -0.25) is 0 Å². The molecule has 0 saturated carbocycles. The van der Waals surface area contributed by atoms with Crippen molar-refractivity contribution in [3.63, 3.8) is 0 Å². The lowest BCUT2D eigenvalue weighted by Gasteiger charge is -2.12. The summed E-state index contributed by atoms with van der Waals surface area (Å²) in [4.78, 5) is 4.23. The first-order chi connectivity index (χ1) is 8.15. The molecule has 0 aliphatic heterocycles. The van der Waals surface area contributed by atoms with Crippen molar-refractivity contribution in [3.8, 4) is 0 Å². The Morgan fingerprint density at radius 2 is 2.06 bits per heavy atom. The third kappa shape index (κ3) is 2.81. The number of nitrogens with one attached hydrogen (secondary N) is 1. The molecule has 1 nitrogen and oxygen atoms in total. The summed E-state index contributed by atoms with van der Waals surface area (Å²) in [5.74, 6) is 0. The fourth-order valence-electron chi connectivity index (χ4n) is 1.79. The van der Waals surface area contributed by atoms with Crippen molar-refractivity contribution < 1.29 is 0 Å². The maximum atomic E-state index is 3.60. The molecule has 1 atom stereocenters. The van der Waals surface area contributed by atoms with Gasteiger partial charge in [0.25, 0.3) is 0 Å². The van der Waals surface area contributed by atoms with Crippen LogP contribution in [0.2, 0.25) is 0 Å². The standard InChI is InChI=1S/C13H16BrNS2/c1-4-9-5-6-10(16-9)12(15-3)11-7-8(2)13(14)17-11/h5-7,12,15H,4H2,1-3H3. The van der Waals surface area contributed by atoms with E-state index in [0.29, 0.717) is 6.04 Å². The fraction of sp³-hybridized carbons (Fsp3) is 0.385. The third-order valence-corrected chi connectivity index (χ3v) is 6.26. The van der Waals surface area contributed by atoms with E-state index >= 15 is 0 Å². The molecular weight excluding hydrogens is 314 g/mol. The van der Waals surface area contributed by atoms with E-state index in [4.69, 9.17) is 0 Å². The first-order valence-corrected chi connectivity index (χ1v) is 8.10. The van der Waals surface area contributed by atoms with Crippen LogP contribution in [0.4, 0.5) is 0 Å². The topological polar surface area (TPSA) is 12.0 Å². The van der Waals surface area contributed by atoms with Gasteiger partial charge in [-0.1, -0.05) is 6.92 Å². The summed E-state index contributed by atoms with van der Waals surface area (Å²) in [5, 5.41) is 3.41. The quantitative estimate of drug-likeness (QED) is 0.853. The van der Waals surface area contributed by atoms with Crippen molar-refractivity contribution in [1.29, 1.82) is 0 Å². The lowest BCUT2D eigenvalue weighted by Crippen LogP contribution is -2.15. The molecule has 4 heteroatoms. The monoisotopic (exact) mass is 329 g/mol. The Labute approximate surface area is 119 Å². The van der Waals surface area contributed by atoms with Crippen LogP contribution in [0.15, 0.2) is 22.0 Å². The molecule has 0 bridgehead atoms. The molecular formula is C13H16BrNS2. The van der Waals surface area contributed by atoms with E-state index in [9.17, 15) is 0 Å². The molecule has 0 aliphatic rings. The zero-order chi connectivity index (χ0) is 12.4. The third-order valence-electron chi connectivity index (χ3n) is 2.76. The van der Waals surface area contributed by atoms with Gasteiger partial charge in [-0.05, 0) is 60.1 Å². The van der Waals surface area contributed by atoms with Crippen molar-refractivity contribution in [3.05, 3.63) is 42.2 Å². The second-order valence-electron chi connectivity index (χ2n) is 3.98. The normalized spacial score (nSPS) is 12.9. The predicted octanol–water partition coefficient (Wildman–Crippen LogP) is 4.75. The summed E-state index contributed by atoms with van der Waals surface area (Å²) in [7, 11) is 2.03. The zero-order valence-corrected chi connectivity index (χ0v) is 13.4. The van der Waals surface area contributed by atoms with E-state index < -0.39 is 0 Å². The Balaban J connectivity index is 2.32. The Kier molecular flexibility index (Phi) is 4.42. The van der Waals surface area contributed by atoms with E-state index in [1.807, 2.05) is 29.7 Å². The van der Waals surface area contributed by atoms with E-state index in [1.165, 1.54) is 24.0 Å². The summed E-state index contributed by atoms with van der Waals surface area (Å²) in [6.07, 6.45) is 1.12. The minimum Gasteiger partial charge on any atom is -0.308 e. The van der Waals surface area contributed by atoms with E-state index in [-0.39, 0.29) is 0 Å². The average Bonchev–Trinajstić information content (AvgIpc) is 2.89. The highest BCUT2D eigenvalue weighted by Crippen LogP contribution is 2.36. The number of hydrogen-bond donors (Lipinski definition) is 1. The summed E-state index contributed by atoms with van der Waals surface area (Å²) < 4.78 is 1.24. The Hall–Kier alpha value is -0.160. The molecule has 0 amide bonds. The number of aryl methyl sites for hydroxylation is 2. The molecule has 2 aromatic heterocycles. The van der Waals surface area contributed by atoms with Gasteiger partial charge in [0.15, 0.2) is 0 Å². The van der Waals surface area contributed by atoms with Crippen molar-refractivity contribution in [2.24, 2.45) is 0 Å². The average molecular weight is 330 g/mol. The van der Waals surface area contributed by atoms with Crippen molar-refractivity contribution in [1.82, 2.24) is 5.32 Å². The molecule has 92 valence electrons. The molecule has 1 unspecified atom stereocenters. The lowest BCUT2D eigenvalue weighted by atomic mass is 10.2. The summed E-state index contributed by atoms with van der Waals surface area (Å²) in [5.41, 5.74) is 1.32. The SMILES string of the molecule is CCc1ccc(C(NC)c2cc(C)c(Br)s2)s1. The van der Waals surface area contributed by atoms with Crippen LogP contribution < -0.4 is 5.32 Å². The summed E-state index contributed by atoms with van der Waals surface area (Å²) in [6.45, 7) is 4.35. The Bertz CT molecular complexity index is 482. The van der Waals surface area contributed by atoms with Crippen LogP contribution >= 0.6 is 38.6 Å². The van der Waals surface area contributed by atoms with Crippen LogP contribution in [-0.2, 0) is 6.42 Å².